The van der Waals surface area contributed by atoms with E-state index in [0.717, 1.165) is 32.1 Å². The van der Waals surface area contributed by atoms with Crippen molar-refractivity contribution in [2.45, 2.75) is 173 Å². The second-order valence-corrected chi connectivity index (χ2v) is 19.1. The number of aliphatic hydroxyl groups excluding tert-OH is 8. The number of hydrogen-bond acceptors (Lipinski definition) is 12. The Kier molecular flexibility index (Phi) is 11.8. The lowest BCUT2D eigenvalue weighted by molar-refractivity contribution is -0.368. The Morgan fingerprint density at radius 2 is 1.53 bits per heavy atom. The Bertz CT molecular complexity index is 1350. The number of aliphatic hydroxyl groups is 8. The van der Waals surface area contributed by atoms with Crippen molar-refractivity contribution in [3.05, 3.63) is 23.8 Å². The Morgan fingerprint density at radius 3 is 2.19 bits per heavy atom. The largest absolute Gasteiger partial charge is 0.394 e. The van der Waals surface area contributed by atoms with Crippen molar-refractivity contribution in [2.24, 2.45) is 45.3 Å². The normalized spacial score (nSPS) is 52.2. The molecule has 4 saturated carbocycles. The molecule has 0 spiro atoms. The molecule has 6 fully saturated rings. The van der Waals surface area contributed by atoms with E-state index in [1.165, 1.54) is 11.1 Å². The van der Waals surface area contributed by atoms with Crippen molar-refractivity contribution in [3.63, 3.8) is 0 Å². The van der Waals surface area contributed by atoms with Crippen LogP contribution in [0.5, 0.6) is 0 Å². The van der Waals surface area contributed by atoms with Crippen LogP contribution < -0.4 is 0 Å². The summed E-state index contributed by atoms with van der Waals surface area (Å²) in [4.78, 5) is 0. The molecule has 0 radical (unpaired) electrons. The van der Waals surface area contributed by atoms with Gasteiger partial charge in [0.15, 0.2) is 12.6 Å². The molecule has 2 saturated heterocycles. The van der Waals surface area contributed by atoms with Gasteiger partial charge >= 0.3 is 0 Å². The van der Waals surface area contributed by atoms with Gasteiger partial charge in [0.1, 0.15) is 42.7 Å². The molecule has 0 bridgehead atoms. The Labute approximate surface area is 315 Å². The molecule has 6 rings (SSSR count). The number of fused-ring (bicyclic) bond motifs is 5. The fourth-order valence-corrected chi connectivity index (χ4v) is 12.8. The minimum Gasteiger partial charge on any atom is -0.394 e. The van der Waals surface area contributed by atoms with Gasteiger partial charge in [0.25, 0.3) is 0 Å². The van der Waals surface area contributed by atoms with Gasteiger partial charge in [-0.25, -0.2) is 0 Å². The van der Waals surface area contributed by atoms with Gasteiger partial charge in [0.05, 0.1) is 31.5 Å². The SMILES string of the molecule is C=C(CCC=C(C)C)[C@H]1CC[C@]2(C)[C@@H]1[C@H](O)C[C@@H]1[C@@]3(C)CC[C@H](O)C(C)(C)[C@H]3[C@@H](O[C@@H]3O[C@H](CO)[C@@H](O)[C@H](O[C@@H]4OC[C@@H](O)[C@H](O)[C@H]4O)[C@H]3O)C[C@]12C. The standard InChI is InChI=1S/C41H68O12/c1-20(2)10-9-11-21(3)22-12-15-40(7)29(22)23(43)16-27-39(6)14-13-28(45)38(4,5)35(39)25(17-41(27,40)8)51-37-33(49)34(31(47)26(18-42)52-37)53-36-32(48)30(46)24(44)19-50-36/h10,22-37,42-49H,3,9,11-19H2,1-2,4-8H3/t22-,23-,24-,25+,26-,27-,28+,29+,30+,31-,32-,33-,34+,35-,36+,37-,39-,40-,41-/m1/s1. The zero-order valence-electron chi connectivity index (χ0n) is 32.8. The maximum atomic E-state index is 12.2. The third kappa shape index (κ3) is 6.82. The molecule has 4 aliphatic carbocycles. The summed E-state index contributed by atoms with van der Waals surface area (Å²) in [6.45, 7) is 18.9. The van der Waals surface area contributed by atoms with Crippen LogP contribution in [-0.4, -0.2) is 128 Å². The topological polar surface area (TPSA) is 199 Å². The van der Waals surface area contributed by atoms with E-state index in [-0.39, 0.29) is 46.5 Å². The fourth-order valence-electron chi connectivity index (χ4n) is 12.8. The molecule has 53 heavy (non-hydrogen) atoms. The van der Waals surface area contributed by atoms with E-state index in [1.807, 2.05) is 0 Å². The van der Waals surface area contributed by atoms with E-state index in [0.29, 0.717) is 19.3 Å². The highest BCUT2D eigenvalue weighted by atomic mass is 16.7. The molecular formula is C41H68O12. The molecule has 12 nitrogen and oxygen atoms in total. The predicted molar refractivity (Wildman–Crippen MR) is 195 cm³/mol. The second-order valence-electron chi connectivity index (χ2n) is 19.1. The van der Waals surface area contributed by atoms with Gasteiger partial charge in [-0.15, -0.1) is 0 Å². The Balaban J connectivity index is 1.33. The lowest BCUT2D eigenvalue weighted by atomic mass is 9.34. The number of allylic oxidation sites excluding steroid dienone is 3. The van der Waals surface area contributed by atoms with Crippen LogP contribution in [0.15, 0.2) is 23.8 Å². The van der Waals surface area contributed by atoms with Gasteiger partial charge in [-0.2, -0.15) is 0 Å². The summed E-state index contributed by atoms with van der Waals surface area (Å²) < 4.78 is 24.4. The Morgan fingerprint density at radius 1 is 0.830 bits per heavy atom. The molecule has 12 heteroatoms. The van der Waals surface area contributed by atoms with Crippen molar-refractivity contribution in [3.8, 4) is 0 Å². The molecule has 8 N–H and O–H groups in total. The third-order valence-electron chi connectivity index (χ3n) is 15.6. The van der Waals surface area contributed by atoms with Crippen LogP contribution in [0.25, 0.3) is 0 Å². The summed E-state index contributed by atoms with van der Waals surface area (Å²) in [6, 6.07) is 0. The van der Waals surface area contributed by atoms with Crippen LogP contribution in [0, 0.1) is 45.3 Å². The number of rotatable bonds is 9. The van der Waals surface area contributed by atoms with Gasteiger partial charge in [0.2, 0.25) is 0 Å². The lowest BCUT2D eigenvalue weighted by Gasteiger charge is -2.72. The lowest BCUT2D eigenvalue weighted by Crippen LogP contribution is -2.70. The number of hydrogen-bond donors (Lipinski definition) is 8. The van der Waals surface area contributed by atoms with Crippen molar-refractivity contribution in [2.75, 3.05) is 13.2 Å². The van der Waals surface area contributed by atoms with Gasteiger partial charge < -0.3 is 59.8 Å². The molecule has 0 aromatic carbocycles. The van der Waals surface area contributed by atoms with E-state index in [2.05, 4.69) is 61.1 Å². The zero-order valence-corrected chi connectivity index (χ0v) is 32.8. The highest BCUT2D eigenvalue weighted by molar-refractivity contribution is 5.24. The summed E-state index contributed by atoms with van der Waals surface area (Å²) in [5.74, 6) is 0.116. The molecule has 0 aromatic heterocycles. The van der Waals surface area contributed by atoms with Crippen LogP contribution in [0.4, 0.5) is 0 Å². The molecule has 0 amide bonds. The monoisotopic (exact) mass is 752 g/mol. The predicted octanol–water partition coefficient (Wildman–Crippen LogP) is 2.56. The molecule has 2 heterocycles. The molecule has 2 aliphatic heterocycles. The minimum atomic E-state index is -1.66. The first kappa shape index (κ1) is 41.6. The van der Waals surface area contributed by atoms with Crippen molar-refractivity contribution < 1.29 is 59.8 Å². The summed E-state index contributed by atoms with van der Waals surface area (Å²) >= 11 is 0. The van der Waals surface area contributed by atoms with E-state index in [4.69, 9.17) is 18.9 Å². The van der Waals surface area contributed by atoms with Gasteiger partial charge in [-0.1, -0.05) is 58.4 Å². The van der Waals surface area contributed by atoms with E-state index in [9.17, 15) is 40.9 Å². The van der Waals surface area contributed by atoms with Gasteiger partial charge in [0, 0.05) is 0 Å². The van der Waals surface area contributed by atoms with Crippen LogP contribution in [0.1, 0.15) is 99.8 Å². The fraction of sp³-hybridized carbons (Fsp3) is 0.902. The molecular weight excluding hydrogens is 684 g/mol. The Hall–Kier alpha value is -1.00. The molecule has 19 atom stereocenters. The smallest absolute Gasteiger partial charge is 0.186 e. The first-order chi connectivity index (χ1) is 24.7. The summed E-state index contributed by atoms with van der Waals surface area (Å²) in [5, 5.41) is 87.7. The average molecular weight is 753 g/mol. The van der Waals surface area contributed by atoms with Crippen LogP contribution in [0.2, 0.25) is 0 Å². The zero-order chi connectivity index (χ0) is 39.0. The maximum absolute atomic E-state index is 12.2. The highest BCUT2D eigenvalue weighted by Crippen LogP contribution is 2.76. The number of ether oxygens (including phenoxy) is 4. The quantitative estimate of drug-likeness (QED) is 0.127. The van der Waals surface area contributed by atoms with Crippen LogP contribution in [0.3, 0.4) is 0 Å². The third-order valence-corrected chi connectivity index (χ3v) is 15.6. The first-order valence-corrected chi connectivity index (χ1v) is 20.0. The van der Waals surface area contributed by atoms with Crippen molar-refractivity contribution >= 4 is 0 Å². The average Bonchev–Trinajstić information content (AvgIpc) is 3.47. The van der Waals surface area contributed by atoms with Crippen LogP contribution >= 0.6 is 0 Å². The van der Waals surface area contributed by atoms with E-state index in [1.54, 1.807) is 0 Å². The van der Waals surface area contributed by atoms with E-state index < -0.39 is 85.6 Å². The van der Waals surface area contributed by atoms with Crippen molar-refractivity contribution in [1.82, 2.24) is 0 Å². The second kappa shape index (κ2) is 15.1. The molecule has 304 valence electrons. The molecule has 0 aromatic rings. The summed E-state index contributed by atoms with van der Waals surface area (Å²) in [5.41, 5.74) is 0.915. The van der Waals surface area contributed by atoms with Crippen molar-refractivity contribution in [1.29, 1.82) is 0 Å². The molecule has 6 aliphatic rings. The van der Waals surface area contributed by atoms with Crippen LogP contribution in [-0.2, 0) is 18.9 Å². The van der Waals surface area contributed by atoms with E-state index >= 15 is 0 Å². The summed E-state index contributed by atoms with van der Waals surface area (Å²) in [7, 11) is 0. The summed E-state index contributed by atoms with van der Waals surface area (Å²) in [6.07, 6.45) is -6.39. The maximum Gasteiger partial charge on any atom is 0.186 e. The first-order valence-electron chi connectivity index (χ1n) is 20.0. The molecule has 0 unspecified atom stereocenters. The van der Waals surface area contributed by atoms with Gasteiger partial charge in [-0.05, 0) is 111 Å². The minimum absolute atomic E-state index is 0.0185. The highest BCUT2D eigenvalue weighted by Gasteiger charge is 2.73. The van der Waals surface area contributed by atoms with Gasteiger partial charge in [-0.3, -0.25) is 0 Å².